The number of carbonyl (C=O) groups is 1. The number of carbonyl (C=O) groups excluding carboxylic acids is 1. The summed E-state index contributed by atoms with van der Waals surface area (Å²) in [5.74, 6) is 1.74. The third-order valence-electron chi connectivity index (χ3n) is 5.43. The lowest BCUT2D eigenvalue weighted by Crippen LogP contribution is -2.09. The van der Waals surface area contributed by atoms with Gasteiger partial charge in [0.15, 0.2) is 0 Å². The molecule has 0 radical (unpaired) electrons. The molecule has 0 saturated heterocycles. The molecule has 0 fully saturated rings. The largest absolute Gasteiger partial charge is 0.497 e. The molecule has 0 unspecified atom stereocenters. The fourth-order valence-corrected chi connectivity index (χ4v) is 3.72. The third-order valence-corrected chi connectivity index (χ3v) is 5.43. The Hall–Kier alpha value is -4.19. The summed E-state index contributed by atoms with van der Waals surface area (Å²) < 4.78 is 21.9. The fourth-order valence-electron chi connectivity index (χ4n) is 3.72. The molecule has 3 aromatic carbocycles. The van der Waals surface area contributed by atoms with E-state index < -0.39 is 0 Å². The van der Waals surface area contributed by atoms with Crippen LogP contribution in [-0.4, -0.2) is 27.2 Å². The first kappa shape index (κ1) is 22.0. The van der Waals surface area contributed by atoms with E-state index in [1.54, 1.807) is 45.8 Å². The molecule has 0 aliphatic carbocycles. The van der Waals surface area contributed by atoms with E-state index in [-0.39, 0.29) is 5.91 Å². The minimum atomic E-state index is -0.262. The van der Waals surface area contributed by atoms with Crippen LogP contribution in [0.4, 0.5) is 5.69 Å². The fraction of sp³-hybridized carbons (Fsp3) is 0.148. The molecule has 0 aliphatic rings. The van der Waals surface area contributed by atoms with Gasteiger partial charge in [-0.1, -0.05) is 24.3 Å². The van der Waals surface area contributed by atoms with Gasteiger partial charge in [0.25, 0.3) is 0 Å². The number of fused-ring (bicyclic) bond motifs is 1. The number of hydrogen-bond acceptors (Lipinski definition) is 5. The first-order valence-corrected chi connectivity index (χ1v) is 10.4. The molecule has 4 rings (SSSR count). The van der Waals surface area contributed by atoms with Crippen molar-refractivity contribution in [1.29, 1.82) is 0 Å². The second kappa shape index (κ2) is 9.53. The number of rotatable bonds is 7. The van der Waals surface area contributed by atoms with Crippen LogP contribution < -0.4 is 19.5 Å². The van der Waals surface area contributed by atoms with Crippen LogP contribution in [0.15, 0.2) is 77.4 Å². The van der Waals surface area contributed by atoms with Crippen molar-refractivity contribution >= 4 is 28.1 Å². The molecule has 4 aromatic rings. The predicted molar refractivity (Wildman–Crippen MR) is 130 cm³/mol. The standard InChI is InChI=1S/C27H25NO5/c1-17(13-27(29)28-23-7-5-6-8-24(23)31-3)20-14-21-22(16-33-26(21)15-25(20)32-4)18-9-11-19(30-2)12-10-18/h5-16H,1-4H3,(H,28,29)/b17-13+. The van der Waals surface area contributed by atoms with E-state index in [1.165, 1.54) is 0 Å². The number of amides is 1. The first-order chi connectivity index (χ1) is 16.0. The Balaban J connectivity index is 1.70. The number of benzene rings is 3. The Kier molecular flexibility index (Phi) is 6.36. The number of hydrogen-bond donors (Lipinski definition) is 1. The molecule has 1 heterocycles. The van der Waals surface area contributed by atoms with Crippen LogP contribution in [-0.2, 0) is 4.79 Å². The highest BCUT2D eigenvalue weighted by Crippen LogP contribution is 2.37. The lowest BCUT2D eigenvalue weighted by molar-refractivity contribution is -0.111. The van der Waals surface area contributed by atoms with Gasteiger partial charge < -0.3 is 23.9 Å². The molecule has 0 atom stereocenters. The Morgan fingerprint density at radius 1 is 0.909 bits per heavy atom. The van der Waals surface area contributed by atoms with E-state index in [0.29, 0.717) is 22.8 Å². The molecule has 168 valence electrons. The highest BCUT2D eigenvalue weighted by atomic mass is 16.5. The van der Waals surface area contributed by atoms with Crippen LogP contribution in [0.25, 0.3) is 27.7 Å². The van der Waals surface area contributed by atoms with Crippen molar-refractivity contribution in [3.63, 3.8) is 0 Å². The van der Waals surface area contributed by atoms with Crippen molar-refractivity contribution in [2.24, 2.45) is 0 Å². The van der Waals surface area contributed by atoms with Gasteiger partial charge in [0, 0.05) is 28.7 Å². The SMILES string of the molecule is COc1ccc(-c2coc3cc(OC)c(/C(C)=C/C(=O)Nc4ccccc4OC)cc23)cc1. The van der Waals surface area contributed by atoms with Crippen molar-refractivity contribution in [2.75, 3.05) is 26.6 Å². The van der Waals surface area contributed by atoms with Crippen molar-refractivity contribution in [1.82, 2.24) is 0 Å². The number of furan rings is 1. The molecule has 1 aromatic heterocycles. The smallest absolute Gasteiger partial charge is 0.248 e. The average Bonchev–Trinajstić information content (AvgIpc) is 3.26. The number of para-hydroxylation sites is 2. The summed E-state index contributed by atoms with van der Waals surface area (Å²) in [5.41, 5.74) is 4.81. The summed E-state index contributed by atoms with van der Waals surface area (Å²) in [4.78, 5) is 12.7. The summed E-state index contributed by atoms with van der Waals surface area (Å²) >= 11 is 0. The molecule has 6 heteroatoms. The predicted octanol–water partition coefficient (Wildman–Crippen LogP) is 6.17. The Labute approximate surface area is 192 Å². The summed E-state index contributed by atoms with van der Waals surface area (Å²) in [5, 5.41) is 3.79. The molecule has 0 aliphatic heterocycles. The molecule has 0 bridgehead atoms. The van der Waals surface area contributed by atoms with Crippen LogP contribution in [0.3, 0.4) is 0 Å². The van der Waals surface area contributed by atoms with E-state index in [9.17, 15) is 4.79 Å². The topological polar surface area (TPSA) is 69.9 Å². The number of methoxy groups -OCH3 is 3. The van der Waals surface area contributed by atoms with Crippen molar-refractivity contribution in [3.8, 4) is 28.4 Å². The van der Waals surface area contributed by atoms with Gasteiger partial charge in [-0.2, -0.15) is 0 Å². The van der Waals surface area contributed by atoms with E-state index in [0.717, 1.165) is 33.4 Å². The van der Waals surface area contributed by atoms with Crippen molar-refractivity contribution < 1.29 is 23.4 Å². The molecule has 1 amide bonds. The number of ether oxygens (including phenoxy) is 3. The maximum absolute atomic E-state index is 12.7. The van der Waals surface area contributed by atoms with Gasteiger partial charge in [-0.3, -0.25) is 4.79 Å². The molecular formula is C27H25NO5. The van der Waals surface area contributed by atoms with Gasteiger partial charge in [0.2, 0.25) is 5.91 Å². The maximum Gasteiger partial charge on any atom is 0.248 e. The molecule has 0 spiro atoms. The Morgan fingerprint density at radius 3 is 2.33 bits per heavy atom. The second-order valence-electron chi connectivity index (χ2n) is 7.44. The van der Waals surface area contributed by atoms with Crippen LogP contribution in [0.1, 0.15) is 12.5 Å². The van der Waals surface area contributed by atoms with Gasteiger partial charge >= 0.3 is 0 Å². The first-order valence-electron chi connectivity index (χ1n) is 10.4. The lowest BCUT2D eigenvalue weighted by Gasteiger charge is -2.11. The number of nitrogens with one attached hydrogen (secondary N) is 1. The van der Waals surface area contributed by atoms with Gasteiger partial charge in [0.05, 0.1) is 33.3 Å². The quantitative estimate of drug-likeness (QED) is 0.346. The highest BCUT2D eigenvalue weighted by molar-refractivity contribution is 6.06. The summed E-state index contributed by atoms with van der Waals surface area (Å²) in [6.07, 6.45) is 3.27. The Bertz CT molecular complexity index is 1320. The minimum Gasteiger partial charge on any atom is -0.497 e. The molecular weight excluding hydrogens is 418 g/mol. The summed E-state index contributed by atoms with van der Waals surface area (Å²) in [6, 6.07) is 18.9. The van der Waals surface area contributed by atoms with Crippen LogP contribution in [0.5, 0.6) is 17.2 Å². The van der Waals surface area contributed by atoms with E-state index in [1.807, 2.05) is 55.5 Å². The highest BCUT2D eigenvalue weighted by Gasteiger charge is 2.15. The zero-order valence-electron chi connectivity index (χ0n) is 19.0. The minimum absolute atomic E-state index is 0.262. The Morgan fingerprint density at radius 2 is 1.64 bits per heavy atom. The molecule has 0 saturated carbocycles. The van der Waals surface area contributed by atoms with Gasteiger partial charge in [-0.05, 0) is 48.4 Å². The van der Waals surface area contributed by atoms with E-state index >= 15 is 0 Å². The van der Waals surface area contributed by atoms with Crippen LogP contribution in [0, 0.1) is 0 Å². The molecule has 1 N–H and O–H groups in total. The van der Waals surface area contributed by atoms with Crippen LogP contribution in [0.2, 0.25) is 0 Å². The monoisotopic (exact) mass is 443 g/mol. The summed E-state index contributed by atoms with van der Waals surface area (Å²) in [6.45, 7) is 1.87. The average molecular weight is 443 g/mol. The van der Waals surface area contributed by atoms with Crippen LogP contribution >= 0.6 is 0 Å². The molecule has 6 nitrogen and oxygen atoms in total. The zero-order chi connectivity index (χ0) is 23.4. The van der Waals surface area contributed by atoms with E-state index in [4.69, 9.17) is 18.6 Å². The normalized spacial score (nSPS) is 11.3. The second-order valence-corrected chi connectivity index (χ2v) is 7.44. The summed E-state index contributed by atoms with van der Waals surface area (Å²) in [7, 11) is 4.80. The number of allylic oxidation sites excluding steroid dienone is 1. The van der Waals surface area contributed by atoms with Crippen molar-refractivity contribution in [3.05, 3.63) is 78.6 Å². The molecule has 33 heavy (non-hydrogen) atoms. The zero-order valence-corrected chi connectivity index (χ0v) is 19.0. The van der Waals surface area contributed by atoms with Gasteiger partial charge in [0.1, 0.15) is 22.8 Å². The van der Waals surface area contributed by atoms with E-state index in [2.05, 4.69) is 5.32 Å². The lowest BCUT2D eigenvalue weighted by atomic mass is 9.99. The van der Waals surface area contributed by atoms with Crippen molar-refractivity contribution in [2.45, 2.75) is 6.92 Å². The number of anilines is 1. The third kappa shape index (κ3) is 4.55. The maximum atomic E-state index is 12.7. The van der Waals surface area contributed by atoms with Gasteiger partial charge in [-0.15, -0.1) is 0 Å². The van der Waals surface area contributed by atoms with Gasteiger partial charge in [-0.25, -0.2) is 0 Å².